The van der Waals surface area contributed by atoms with Crippen molar-refractivity contribution in [3.63, 3.8) is 0 Å². The Morgan fingerprint density at radius 2 is 1.96 bits per heavy atom. The highest BCUT2D eigenvalue weighted by atomic mass is 32.1. The van der Waals surface area contributed by atoms with Gasteiger partial charge in [-0.3, -0.25) is 10.3 Å². The van der Waals surface area contributed by atoms with Crippen molar-refractivity contribution >= 4 is 11.3 Å². The topological polar surface area (TPSA) is 27.3 Å². The Kier molecular flexibility index (Phi) is 5.28. The van der Waals surface area contributed by atoms with Gasteiger partial charge in [0, 0.05) is 29.9 Å². The molecule has 1 aromatic carbocycles. The van der Waals surface area contributed by atoms with E-state index in [1.807, 2.05) is 11.3 Å². The molecule has 0 bridgehead atoms. The fourth-order valence-corrected chi connectivity index (χ4v) is 5.11. The molecule has 2 saturated heterocycles. The molecule has 0 saturated carbocycles. The number of likely N-dealkylation sites (tertiary alicyclic amines) is 1. The van der Waals surface area contributed by atoms with Crippen LogP contribution in [-0.4, -0.2) is 24.5 Å². The molecule has 2 N–H and O–H groups in total. The minimum Gasteiger partial charge on any atom is -0.295 e. The van der Waals surface area contributed by atoms with Crippen LogP contribution in [-0.2, 0) is 0 Å². The number of nitrogens with zero attached hydrogens (tertiary/aromatic N) is 1. The number of benzene rings is 1. The van der Waals surface area contributed by atoms with Crippen LogP contribution in [0.4, 0.5) is 0 Å². The monoisotopic (exact) mass is 341 g/mol. The van der Waals surface area contributed by atoms with Crippen LogP contribution in [0.1, 0.15) is 48.2 Å². The number of hydrazine groups is 1. The van der Waals surface area contributed by atoms with Crippen molar-refractivity contribution < 1.29 is 0 Å². The third-order valence-electron chi connectivity index (χ3n) is 5.46. The second-order valence-electron chi connectivity index (χ2n) is 7.05. The molecule has 2 aliphatic rings. The van der Waals surface area contributed by atoms with Crippen LogP contribution in [0.25, 0.3) is 0 Å². The molecule has 0 aliphatic carbocycles. The number of hydrogen-bond donors (Lipinski definition) is 2. The van der Waals surface area contributed by atoms with E-state index >= 15 is 0 Å². The molecular weight excluding hydrogens is 314 g/mol. The van der Waals surface area contributed by atoms with Crippen LogP contribution in [0.15, 0.2) is 47.8 Å². The van der Waals surface area contributed by atoms with Gasteiger partial charge in [-0.05, 0) is 36.4 Å². The smallest absolute Gasteiger partial charge is 0.0515 e. The molecule has 0 radical (unpaired) electrons. The molecule has 128 valence electrons. The second-order valence-corrected chi connectivity index (χ2v) is 8.03. The van der Waals surface area contributed by atoms with Crippen molar-refractivity contribution in [1.82, 2.24) is 15.8 Å². The van der Waals surface area contributed by atoms with Gasteiger partial charge in [-0.25, -0.2) is 5.43 Å². The lowest BCUT2D eigenvalue weighted by Gasteiger charge is -2.33. The summed E-state index contributed by atoms with van der Waals surface area (Å²) in [5.74, 6) is 0.618. The zero-order valence-corrected chi connectivity index (χ0v) is 15.0. The van der Waals surface area contributed by atoms with Crippen LogP contribution >= 0.6 is 11.3 Å². The number of rotatable bonds is 4. The van der Waals surface area contributed by atoms with Crippen molar-refractivity contribution in [1.29, 1.82) is 0 Å². The molecule has 2 fully saturated rings. The van der Waals surface area contributed by atoms with E-state index in [2.05, 4.69) is 63.6 Å². The Balaban J connectivity index is 1.51. The molecule has 1 aromatic heterocycles. The van der Waals surface area contributed by atoms with E-state index < -0.39 is 0 Å². The summed E-state index contributed by atoms with van der Waals surface area (Å²) in [5.41, 5.74) is 8.30. The molecule has 4 rings (SSSR count). The van der Waals surface area contributed by atoms with E-state index in [9.17, 15) is 0 Å². The van der Waals surface area contributed by atoms with Gasteiger partial charge in [-0.1, -0.05) is 49.2 Å². The van der Waals surface area contributed by atoms with E-state index in [1.165, 1.54) is 44.3 Å². The van der Waals surface area contributed by atoms with Crippen LogP contribution in [0, 0.1) is 5.92 Å². The molecule has 24 heavy (non-hydrogen) atoms. The first kappa shape index (κ1) is 16.3. The predicted molar refractivity (Wildman–Crippen MR) is 101 cm³/mol. The predicted octanol–water partition coefficient (Wildman–Crippen LogP) is 4.13. The zero-order chi connectivity index (χ0) is 16.2. The summed E-state index contributed by atoms with van der Waals surface area (Å²) in [6.45, 7) is 3.45. The minimum atomic E-state index is 0.415. The highest BCUT2D eigenvalue weighted by Crippen LogP contribution is 2.35. The van der Waals surface area contributed by atoms with Gasteiger partial charge in [-0.2, -0.15) is 0 Å². The van der Waals surface area contributed by atoms with Gasteiger partial charge in [0.2, 0.25) is 0 Å². The van der Waals surface area contributed by atoms with Gasteiger partial charge in [0.1, 0.15) is 0 Å². The Morgan fingerprint density at radius 1 is 1.04 bits per heavy atom. The molecular formula is C20H27N3S. The zero-order valence-electron chi connectivity index (χ0n) is 14.2. The number of thiophene rings is 1. The Morgan fingerprint density at radius 3 is 2.79 bits per heavy atom. The lowest BCUT2D eigenvalue weighted by Crippen LogP contribution is -2.35. The second kappa shape index (κ2) is 7.79. The average Bonchev–Trinajstić information content (AvgIpc) is 3.25. The first-order valence-electron chi connectivity index (χ1n) is 9.22. The highest BCUT2D eigenvalue weighted by Gasteiger charge is 2.32. The quantitative estimate of drug-likeness (QED) is 0.875. The first-order valence-corrected chi connectivity index (χ1v) is 10.1. The van der Waals surface area contributed by atoms with Gasteiger partial charge in [-0.15, -0.1) is 11.3 Å². The van der Waals surface area contributed by atoms with Crippen molar-refractivity contribution in [3.8, 4) is 0 Å². The standard InChI is InChI=1S/C20H27N3S/c1-3-8-16(9-4-1)20-17(14-21-22-20)15-23-12-6-2-5-10-18(23)19-11-7-13-24-19/h1,3-4,7-9,11,13,17-18,20-22H,2,5-6,10,12,14-15H2. The summed E-state index contributed by atoms with van der Waals surface area (Å²) in [4.78, 5) is 4.31. The van der Waals surface area contributed by atoms with Gasteiger partial charge in [0.05, 0.1) is 6.04 Å². The molecule has 0 amide bonds. The van der Waals surface area contributed by atoms with Crippen molar-refractivity contribution in [3.05, 3.63) is 58.3 Å². The Bertz CT molecular complexity index is 613. The maximum absolute atomic E-state index is 3.50. The molecule has 2 aromatic rings. The molecule has 3 nitrogen and oxygen atoms in total. The largest absolute Gasteiger partial charge is 0.295 e. The van der Waals surface area contributed by atoms with Gasteiger partial charge >= 0.3 is 0 Å². The summed E-state index contributed by atoms with van der Waals surface area (Å²) in [6, 6.07) is 16.4. The maximum atomic E-state index is 3.50. The first-order chi connectivity index (χ1) is 11.9. The molecule has 3 unspecified atom stereocenters. The summed E-state index contributed by atoms with van der Waals surface area (Å²) < 4.78 is 0. The normalized spacial score (nSPS) is 28.8. The summed E-state index contributed by atoms with van der Waals surface area (Å²) in [6.07, 6.45) is 5.39. The summed E-state index contributed by atoms with van der Waals surface area (Å²) >= 11 is 1.92. The fourth-order valence-electron chi connectivity index (χ4n) is 4.21. The Labute approximate surface area is 149 Å². The SMILES string of the molecule is c1ccc(C2NNCC2CN2CCCCCC2c2cccs2)cc1. The van der Waals surface area contributed by atoms with Crippen molar-refractivity contribution in [2.45, 2.75) is 37.8 Å². The number of nitrogens with one attached hydrogen (secondary N) is 2. The maximum Gasteiger partial charge on any atom is 0.0515 e. The molecule has 4 heteroatoms. The van der Waals surface area contributed by atoms with E-state index in [4.69, 9.17) is 0 Å². The van der Waals surface area contributed by atoms with Gasteiger partial charge in [0.25, 0.3) is 0 Å². The van der Waals surface area contributed by atoms with Crippen LogP contribution in [0.5, 0.6) is 0 Å². The van der Waals surface area contributed by atoms with E-state index in [1.54, 1.807) is 4.88 Å². The van der Waals surface area contributed by atoms with Gasteiger partial charge in [0.15, 0.2) is 0 Å². The van der Waals surface area contributed by atoms with Gasteiger partial charge < -0.3 is 0 Å². The molecule has 0 spiro atoms. The number of hydrogen-bond acceptors (Lipinski definition) is 4. The van der Waals surface area contributed by atoms with Crippen LogP contribution in [0.2, 0.25) is 0 Å². The third-order valence-corrected chi connectivity index (χ3v) is 6.43. The van der Waals surface area contributed by atoms with Crippen molar-refractivity contribution in [2.24, 2.45) is 5.92 Å². The lowest BCUT2D eigenvalue weighted by atomic mass is 9.93. The van der Waals surface area contributed by atoms with Crippen LogP contribution in [0.3, 0.4) is 0 Å². The fraction of sp³-hybridized carbons (Fsp3) is 0.500. The van der Waals surface area contributed by atoms with E-state index in [0.29, 0.717) is 18.0 Å². The molecule has 3 atom stereocenters. The molecule has 3 heterocycles. The summed E-state index contributed by atoms with van der Waals surface area (Å²) in [5, 5.41) is 2.23. The van der Waals surface area contributed by atoms with Crippen molar-refractivity contribution in [2.75, 3.05) is 19.6 Å². The summed E-state index contributed by atoms with van der Waals surface area (Å²) in [7, 11) is 0. The van der Waals surface area contributed by atoms with Crippen LogP contribution < -0.4 is 10.9 Å². The van der Waals surface area contributed by atoms with E-state index in [0.717, 1.165) is 6.54 Å². The highest BCUT2D eigenvalue weighted by molar-refractivity contribution is 7.10. The Hall–Kier alpha value is -1.20. The molecule has 2 aliphatic heterocycles. The third kappa shape index (κ3) is 3.57. The minimum absolute atomic E-state index is 0.415. The lowest BCUT2D eigenvalue weighted by molar-refractivity contribution is 0.169. The average molecular weight is 342 g/mol. The van der Waals surface area contributed by atoms with E-state index in [-0.39, 0.29) is 0 Å².